The summed E-state index contributed by atoms with van der Waals surface area (Å²) in [4.78, 5) is 12.9. The molecule has 0 saturated heterocycles. The molecule has 0 bridgehead atoms. The van der Waals surface area contributed by atoms with Gasteiger partial charge in [-0.2, -0.15) is 0 Å². The number of carbonyl (C=O) groups is 1. The van der Waals surface area contributed by atoms with Gasteiger partial charge < -0.3 is 19.0 Å². The van der Waals surface area contributed by atoms with Crippen LogP contribution in [0.15, 0.2) is 40.8 Å². The first kappa shape index (κ1) is 23.2. The molecule has 0 saturated carbocycles. The fourth-order valence-electron chi connectivity index (χ4n) is 4.00. The van der Waals surface area contributed by atoms with Gasteiger partial charge in [0.1, 0.15) is 22.7 Å². The summed E-state index contributed by atoms with van der Waals surface area (Å²) in [5, 5.41) is 10.1. The first-order chi connectivity index (χ1) is 15.6. The van der Waals surface area contributed by atoms with Gasteiger partial charge in [-0.15, -0.1) is 0 Å². The highest BCUT2D eigenvalue weighted by Crippen LogP contribution is 2.42. The summed E-state index contributed by atoms with van der Waals surface area (Å²) < 4.78 is 56.9. The minimum atomic E-state index is -3.72. The Kier molecular flexibility index (Phi) is 6.17. The van der Waals surface area contributed by atoms with Crippen molar-refractivity contribution in [3.63, 3.8) is 0 Å². The summed E-state index contributed by atoms with van der Waals surface area (Å²) in [5.41, 5.74) is 1.74. The van der Waals surface area contributed by atoms with Gasteiger partial charge in [0.05, 0.1) is 43.9 Å². The third kappa shape index (κ3) is 4.33. The van der Waals surface area contributed by atoms with Crippen molar-refractivity contribution in [3.8, 4) is 11.3 Å². The van der Waals surface area contributed by atoms with Crippen molar-refractivity contribution in [2.45, 2.75) is 26.1 Å². The molecule has 2 atom stereocenters. The van der Waals surface area contributed by atoms with Crippen LogP contribution in [0.3, 0.4) is 0 Å². The fourth-order valence-corrected chi connectivity index (χ4v) is 4.96. The molecule has 2 aromatic carbocycles. The quantitative estimate of drug-likeness (QED) is 0.559. The number of carbonyl (C=O) groups excluding carboxylic acids is 1. The molecule has 1 aromatic heterocycles. The molecule has 0 unspecified atom stereocenters. The zero-order valence-electron chi connectivity index (χ0n) is 18.4. The Morgan fingerprint density at radius 1 is 1.27 bits per heavy atom. The number of ether oxygens (including phenoxy) is 2. The van der Waals surface area contributed by atoms with Crippen LogP contribution >= 0.6 is 0 Å². The molecular formula is C23H24FNO7S. The predicted octanol–water partition coefficient (Wildman–Crippen LogP) is 3.63. The van der Waals surface area contributed by atoms with Crippen LogP contribution in [-0.4, -0.2) is 51.6 Å². The molecule has 2 heterocycles. The number of halogens is 1. The molecule has 10 heteroatoms. The smallest absolute Gasteiger partial charge is 0.342 e. The summed E-state index contributed by atoms with van der Waals surface area (Å²) in [5.74, 6) is -0.866. The molecule has 1 N–H and O–H groups in total. The number of hydrogen-bond acceptors (Lipinski definition) is 7. The molecule has 0 spiro atoms. The summed E-state index contributed by atoms with van der Waals surface area (Å²) >= 11 is 0. The van der Waals surface area contributed by atoms with Crippen molar-refractivity contribution in [1.29, 1.82) is 0 Å². The molecule has 0 fully saturated rings. The van der Waals surface area contributed by atoms with E-state index in [1.807, 2.05) is 0 Å². The van der Waals surface area contributed by atoms with Crippen LogP contribution < -0.4 is 4.31 Å². The maximum Gasteiger partial charge on any atom is 0.342 e. The zero-order valence-corrected chi connectivity index (χ0v) is 19.2. The number of furan rings is 1. The molecule has 4 rings (SSSR count). The number of hydrogen-bond donors (Lipinski definition) is 1. The van der Waals surface area contributed by atoms with Gasteiger partial charge in [-0.25, -0.2) is 17.6 Å². The van der Waals surface area contributed by atoms with Crippen LogP contribution in [0.4, 0.5) is 10.1 Å². The Labute approximate surface area is 190 Å². The molecule has 0 aliphatic carbocycles. The minimum absolute atomic E-state index is 0.0750. The first-order valence-corrected chi connectivity index (χ1v) is 12.3. The van der Waals surface area contributed by atoms with E-state index in [0.717, 1.165) is 10.6 Å². The second-order valence-electron chi connectivity index (χ2n) is 7.82. The lowest BCUT2D eigenvalue weighted by atomic mass is 10.0. The van der Waals surface area contributed by atoms with Crippen LogP contribution in [0.5, 0.6) is 0 Å². The number of nitrogens with zero attached hydrogens (tertiary/aromatic N) is 1. The van der Waals surface area contributed by atoms with Crippen molar-refractivity contribution >= 4 is 32.6 Å². The van der Waals surface area contributed by atoms with E-state index < -0.39 is 34.0 Å². The van der Waals surface area contributed by atoms with Gasteiger partial charge in [-0.1, -0.05) is 0 Å². The maximum atomic E-state index is 13.5. The average Bonchev–Trinajstić information content (AvgIpc) is 3.06. The second-order valence-corrected chi connectivity index (χ2v) is 9.72. The Bertz CT molecular complexity index is 1300. The number of benzene rings is 2. The molecule has 33 heavy (non-hydrogen) atoms. The van der Waals surface area contributed by atoms with Crippen molar-refractivity contribution in [1.82, 2.24) is 0 Å². The Morgan fingerprint density at radius 3 is 2.58 bits per heavy atom. The number of anilines is 1. The van der Waals surface area contributed by atoms with Gasteiger partial charge in [-0.3, -0.25) is 4.31 Å². The second kappa shape index (κ2) is 8.77. The van der Waals surface area contributed by atoms with Crippen LogP contribution in [0, 0.1) is 5.82 Å². The lowest BCUT2D eigenvalue weighted by molar-refractivity contribution is -0.0227. The maximum absolute atomic E-state index is 13.5. The first-order valence-electron chi connectivity index (χ1n) is 10.4. The van der Waals surface area contributed by atoms with E-state index in [0.29, 0.717) is 22.2 Å². The van der Waals surface area contributed by atoms with E-state index in [1.54, 1.807) is 26.0 Å². The third-order valence-electron chi connectivity index (χ3n) is 5.50. The standard InChI is InChI=1S/C23H24FNO7S/c1-4-30-23(27)21-18-9-17-13(2)31-16(12-26)11-25(33(3,28)29)19(17)10-20(18)32-22(21)14-5-7-15(24)8-6-14/h5-10,13,16,26H,4,11-12H2,1-3H3/t13-,16-/m0/s1. The Morgan fingerprint density at radius 2 is 1.97 bits per heavy atom. The SMILES string of the molecule is CCOC(=O)c1c(-c2ccc(F)cc2)oc2cc3c(cc12)[C@H](C)O[C@H](CO)CN3S(C)(=O)=O. The summed E-state index contributed by atoms with van der Waals surface area (Å²) in [6.45, 7) is 3.12. The Balaban J connectivity index is 2.00. The van der Waals surface area contributed by atoms with E-state index in [4.69, 9.17) is 13.9 Å². The monoisotopic (exact) mass is 477 g/mol. The van der Waals surface area contributed by atoms with E-state index in [9.17, 15) is 22.7 Å². The van der Waals surface area contributed by atoms with Gasteiger partial charge >= 0.3 is 5.97 Å². The number of esters is 1. The molecule has 0 amide bonds. The predicted molar refractivity (Wildman–Crippen MR) is 120 cm³/mol. The molecular weight excluding hydrogens is 453 g/mol. The lowest BCUT2D eigenvalue weighted by Crippen LogP contribution is -2.38. The molecule has 8 nitrogen and oxygen atoms in total. The van der Waals surface area contributed by atoms with Gasteiger partial charge in [0.25, 0.3) is 0 Å². The van der Waals surface area contributed by atoms with E-state index in [-0.39, 0.29) is 36.7 Å². The highest BCUT2D eigenvalue weighted by atomic mass is 32.2. The number of sulfonamides is 1. The van der Waals surface area contributed by atoms with Crippen molar-refractivity contribution in [2.24, 2.45) is 0 Å². The molecule has 0 radical (unpaired) electrons. The van der Waals surface area contributed by atoms with Crippen LogP contribution in [0.2, 0.25) is 0 Å². The van der Waals surface area contributed by atoms with Gasteiger partial charge in [0.15, 0.2) is 0 Å². The van der Waals surface area contributed by atoms with Crippen LogP contribution in [0.25, 0.3) is 22.3 Å². The van der Waals surface area contributed by atoms with Gasteiger partial charge in [0, 0.05) is 22.6 Å². The van der Waals surface area contributed by atoms with E-state index in [1.165, 1.54) is 24.3 Å². The Hall–Kier alpha value is -2.95. The number of fused-ring (bicyclic) bond motifs is 2. The van der Waals surface area contributed by atoms with Gasteiger partial charge in [0.2, 0.25) is 10.0 Å². The highest BCUT2D eigenvalue weighted by molar-refractivity contribution is 7.92. The molecule has 1 aliphatic rings. The number of aliphatic hydroxyl groups is 1. The fraction of sp³-hybridized carbons (Fsp3) is 0.348. The van der Waals surface area contributed by atoms with Crippen molar-refractivity contribution < 1.29 is 36.6 Å². The molecule has 1 aliphatic heterocycles. The summed E-state index contributed by atoms with van der Waals surface area (Å²) in [7, 11) is -3.72. The molecule has 176 valence electrons. The number of aliphatic hydroxyl groups excluding tert-OH is 1. The minimum Gasteiger partial charge on any atom is -0.462 e. The van der Waals surface area contributed by atoms with Crippen LogP contribution in [-0.2, 0) is 19.5 Å². The highest BCUT2D eigenvalue weighted by Gasteiger charge is 2.33. The summed E-state index contributed by atoms with van der Waals surface area (Å²) in [6.07, 6.45) is -0.234. The largest absolute Gasteiger partial charge is 0.462 e. The third-order valence-corrected chi connectivity index (χ3v) is 6.65. The number of rotatable bonds is 5. The van der Waals surface area contributed by atoms with E-state index in [2.05, 4.69) is 0 Å². The van der Waals surface area contributed by atoms with Gasteiger partial charge in [-0.05, 0) is 44.2 Å². The molecule has 3 aromatic rings. The lowest BCUT2D eigenvalue weighted by Gasteiger charge is -2.24. The van der Waals surface area contributed by atoms with E-state index >= 15 is 0 Å². The van der Waals surface area contributed by atoms with Crippen molar-refractivity contribution in [2.75, 3.05) is 30.3 Å². The van der Waals surface area contributed by atoms with Crippen molar-refractivity contribution in [3.05, 3.63) is 53.3 Å². The van der Waals surface area contributed by atoms with Crippen LogP contribution in [0.1, 0.15) is 35.9 Å². The average molecular weight is 478 g/mol. The summed E-state index contributed by atoms with van der Waals surface area (Å²) in [6, 6.07) is 8.67. The normalized spacial score (nSPS) is 18.8. The topological polar surface area (TPSA) is 106 Å². The zero-order chi connectivity index (χ0) is 23.9.